The van der Waals surface area contributed by atoms with Gasteiger partial charge >= 0.3 is 0 Å². The number of nitrogens with one attached hydrogen (secondary N) is 2. The first-order valence-electron chi connectivity index (χ1n) is 10.1. The van der Waals surface area contributed by atoms with Crippen molar-refractivity contribution in [1.29, 1.82) is 0 Å². The molecular formula is C20H25ClFN7O. The van der Waals surface area contributed by atoms with E-state index in [-0.39, 0.29) is 16.7 Å². The maximum Gasteiger partial charge on any atom is 0.229 e. The van der Waals surface area contributed by atoms with Gasteiger partial charge in [0.25, 0.3) is 0 Å². The Morgan fingerprint density at radius 2 is 1.90 bits per heavy atom. The number of fused-ring (bicyclic) bond motifs is 1. The number of aromatic nitrogens is 4. The van der Waals surface area contributed by atoms with Gasteiger partial charge in [-0.25, -0.2) is 9.37 Å². The molecule has 2 aromatic rings. The monoisotopic (exact) mass is 433 g/mol. The van der Waals surface area contributed by atoms with Crippen molar-refractivity contribution in [2.45, 2.75) is 32.9 Å². The molecule has 8 nitrogen and oxygen atoms in total. The number of nitrogens with zero attached hydrogens (tertiary/aromatic N) is 5. The van der Waals surface area contributed by atoms with Crippen LogP contribution in [0.3, 0.4) is 0 Å². The third-order valence-corrected chi connectivity index (χ3v) is 7.44. The van der Waals surface area contributed by atoms with Crippen molar-refractivity contribution >= 4 is 35.0 Å². The highest BCUT2D eigenvalue weighted by Crippen LogP contribution is 2.55. The van der Waals surface area contributed by atoms with Crippen LogP contribution in [0.4, 0.5) is 21.8 Å². The van der Waals surface area contributed by atoms with Crippen LogP contribution in [0.1, 0.15) is 27.2 Å². The zero-order valence-electron chi connectivity index (χ0n) is 17.2. The van der Waals surface area contributed by atoms with Crippen LogP contribution in [0.25, 0.3) is 0 Å². The van der Waals surface area contributed by atoms with E-state index in [1.165, 1.54) is 6.92 Å². The van der Waals surface area contributed by atoms with E-state index < -0.39 is 11.6 Å². The number of carbonyl (C=O) groups excluding carboxylic acids is 1. The zero-order chi connectivity index (χ0) is 21.3. The second kappa shape index (κ2) is 6.29. The van der Waals surface area contributed by atoms with Crippen LogP contribution in [0.5, 0.6) is 0 Å². The second-order valence-electron chi connectivity index (χ2n) is 9.68. The van der Waals surface area contributed by atoms with Gasteiger partial charge in [0.15, 0.2) is 5.82 Å². The fraction of sp³-hybridized carbons (Fsp3) is 0.600. The van der Waals surface area contributed by atoms with E-state index in [2.05, 4.69) is 44.2 Å². The van der Waals surface area contributed by atoms with Crippen molar-refractivity contribution in [2.24, 2.45) is 16.7 Å². The summed E-state index contributed by atoms with van der Waals surface area (Å²) in [5.41, 5.74) is -0.835. The molecule has 1 unspecified atom stereocenters. The summed E-state index contributed by atoms with van der Waals surface area (Å²) in [6, 6.07) is 0. The summed E-state index contributed by atoms with van der Waals surface area (Å²) in [4.78, 5) is 25.7. The Balaban J connectivity index is 1.34. The molecule has 3 fully saturated rings. The molecule has 2 saturated heterocycles. The minimum absolute atomic E-state index is 0.0462. The van der Waals surface area contributed by atoms with Crippen molar-refractivity contribution in [1.82, 2.24) is 25.1 Å². The zero-order valence-corrected chi connectivity index (χ0v) is 18.0. The van der Waals surface area contributed by atoms with Gasteiger partial charge in [-0.15, -0.1) is 0 Å². The van der Waals surface area contributed by atoms with Crippen LogP contribution in [0.15, 0.2) is 18.6 Å². The molecule has 1 saturated carbocycles. The van der Waals surface area contributed by atoms with Gasteiger partial charge in [0.05, 0.1) is 24.0 Å². The number of likely N-dealkylation sites (tertiary alicyclic amines) is 1. The summed E-state index contributed by atoms with van der Waals surface area (Å²) in [5, 5.41) is 10.2. The highest BCUT2D eigenvalue weighted by atomic mass is 35.5. The van der Waals surface area contributed by atoms with Gasteiger partial charge in [-0.3, -0.25) is 9.89 Å². The first-order chi connectivity index (χ1) is 14.1. The number of alkyl halides is 1. The summed E-state index contributed by atoms with van der Waals surface area (Å²) in [6.07, 6.45) is 5.29. The predicted molar refractivity (Wildman–Crippen MR) is 112 cm³/mol. The van der Waals surface area contributed by atoms with E-state index in [1.54, 1.807) is 18.6 Å². The normalized spacial score (nSPS) is 34.9. The quantitative estimate of drug-likeness (QED) is 0.770. The predicted octanol–water partition coefficient (Wildman–Crippen LogP) is 3.02. The van der Waals surface area contributed by atoms with Crippen LogP contribution in [0, 0.1) is 16.7 Å². The lowest BCUT2D eigenvalue weighted by Gasteiger charge is -2.29. The molecule has 1 aliphatic carbocycles. The van der Waals surface area contributed by atoms with Gasteiger partial charge in [-0.2, -0.15) is 10.1 Å². The molecule has 0 spiro atoms. The number of hydrogen-bond acceptors (Lipinski definition) is 6. The van der Waals surface area contributed by atoms with E-state index in [4.69, 9.17) is 11.6 Å². The van der Waals surface area contributed by atoms with Crippen LogP contribution in [-0.2, 0) is 4.79 Å². The molecule has 0 radical (unpaired) electrons. The number of H-pyrrole nitrogens is 1. The smallest absolute Gasteiger partial charge is 0.229 e. The Morgan fingerprint density at radius 1 is 1.23 bits per heavy atom. The van der Waals surface area contributed by atoms with Gasteiger partial charge in [0.1, 0.15) is 10.7 Å². The average Bonchev–Trinajstić information content (AvgIpc) is 3.00. The second-order valence-corrected chi connectivity index (χ2v) is 10.1. The molecule has 0 bridgehead atoms. The third-order valence-electron chi connectivity index (χ3n) is 7.18. The molecule has 0 aromatic carbocycles. The minimum Gasteiger partial charge on any atom is -0.354 e. The molecule has 30 heavy (non-hydrogen) atoms. The SMILES string of the molecule is CC1(F)C[C@H]1C(=O)N1C[C@@]2(C)CN(c3nc(Nc4cn[nH]c4)ncc3Cl)C[C@@]2(C)C1. The molecular weight excluding hydrogens is 409 g/mol. The van der Waals surface area contributed by atoms with E-state index in [0.717, 1.165) is 5.69 Å². The summed E-state index contributed by atoms with van der Waals surface area (Å²) >= 11 is 6.45. The van der Waals surface area contributed by atoms with Crippen LogP contribution >= 0.6 is 11.6 Å². The standard InChI is InChI=1S/C20H25ClFN7O/c1-18-8-28(15-14(21)7-23-17(27-15)26-12-5-24-25-6-12)9-19(18,2)11-29(10-18)16(30)13-4-20(13,3)22/h5-7,13H,4,8-11H2,1-3H3,(H,24,25)(H,23,26,27)/t13-,18-,19+,20?/m0/s1. The van der Waals surface area contributed by atoms with E-state index in [1.807, 2.05) is 4.90 Å². The molecule has 4 atom stereocenters. The fourth-order valence-corrected chi connectivity index (χ4v) is 5.17. The highest BCUT2D eigenvalue weighted by molar-refractivity contribution is 6.32. The van der Waals surface area contributed by atoms with Crippen molar-refractivity contribution in [3.8, 4) is 0 Å². The number of anilines is 3. The lowest BCUT2D eigenvalue weighted by atomic mass is 9.71. The van der Waals surface area contributed by atoms with Gasteiger partial charge in [0, 0.05) is 43.2 Å². The maximum atomic E-state index is 14.1. The van der Waals surface area contributed by atoms with Gasteiger partial charge in [-0.1, -0.05) is 25.4 Å². The van der Waals surface area contributed by atoms with Crippen molar-refractivity contribution in [2.75, 3.05) is 36.4 Å². The van der Waals surface area contributed by atoms with Crippen molar-refractivity contribution < 1.29 is 9.18 Å². The first kappa shape index (κ1) is 19.5. The van der Waals surface area contributed by atoms with Crippen LogP contribution in [-0.4, -0.2) is 62.8 Å². The van der Waals surface area contributed by atoms with Crippen molar-refractivity contribution in [3.63, 3.8) is 0 Å². The number of rotatable bonds is 4. The lowest BCUT2D eigenvalue weighted by molar-refractivity contribution is -0.133. The Morgan fingerprint density at radius 3 is 2.47 bits per heavy atom. The van der Waals surface area contributed by atoms with Crippen LogP contribution < -0.4 is 10.2 Å². The summed E-state index contributed by atoms with van der Waals surface area (Å²) < 4.78 is 14.1. The molecule has 1 amide bonds. The first-order valence-corrected chi connectivity index (χ1v) is 10.5. The lowest BCUT2D eigenvalue weighted by Crippen LogP contribution is -2.37. The van der Waals surface area contributed by atoms with Gasteiger partial charge < -0.3 is 15.1 Å². The number of amides is 1. The number of aromatic amines is 1. The highest BCUT2D eigenvalue weighted by Gasteiger charge is 2.63. The number of hydrogen-bond donors (Lipinski definition) is 2. The fourth-order valence-electron chi connectivity index (χ4n) is 4.96. The summed E-state index contributed by atoms with van der Waals surface area (Å²) in [6.45, 7) is 8.58. The van der Waals surface area contributed by atoms with Crippen molar-refractivity contribution in [3.05, 3.63) is 23.6 Å². The van der Waals surface area contributed by atoms with Gasteiger partial charge in [0.2, 0.25) is 11.9 Å². The molecule has 3 aliphatic rings. The molecule has 2 N–H and O–H groups in total. The van der Waals surface area contributed by atoms with E-state index in [9.17, 15) is 9.18 Å². The molecule has 4 heterocycles. The molecule has 160 valence electrons. The number of carbonyl (C=O) groups is 1. The minimum atomic E-state index is -1.34. The Kier molecular flexibility index (Phi) is 4.10. The maximum absolute atomic E-state index is 14.1. The average molecular weight is 434 g/mol. The Bertz CT molecular complexity index is 979. The number of halogens is 2. The summed E-state index contributed by atoms with van der Waals surface area (Å²) in [7, 11) is 0. The van der Waals surface area contributed by atoms with Crippen LogP contribution in [0.2, 0.25) is 5.02 Å². The largest absolute Gasteiger partial charge is 0.354 e. The summed E-state index contributed by atoms with van der Waals surface area (Å²) in [5.74, 6) is 0.587. The Hall–Kier alpha value is -2.42. The molecule has 5 rings (SSSR count). The van der Waals surface area contributed by atoms with E-state index >= 15 is 0 Å². The van der Waals surface area contributed by atoms with Gasteiger partial charge in [-0.05, 0) is 13.3 Å². The third kappa shape index (κ3) is 3.02. The van der Waals surface area contributed by atoms with E-state index in [0.29, 0.717) is 49.4 Å². The Labute approximate surface area is 179 Å². The molecule has 2 aliphatic heterocycles. The molecule has 2 aromatic heterocycles. The topological polar surface area (TPSA) is 90.0 Å². The molecule has 10 heteroatoms.